The molecule has 0 saturated carbocycles. The van der Waals surface area contributed by atoms with Gasteiger partial charge in [-0.1, -0.05) is 34.6 Å². The Morgan fingerprint density at radius 3 is 1.85 bits per heavy atom. The molecule has 2 N–H and O–H groups in total. The highest BCUT2D eigenvalue weighted by Crippen LogP contribution is 2.33. The Hall–Kier alpha value is -0.570. The summed E-state index contributed by atoms with van der Waals surface area (Å²) >= 11 is 0. The van der Waals surface area contributed by atoms with Crippen LogP contribution in [0.25, 0.3) is 0 Å². The molecule has 0 saturated heterocycles. The molecule has 0 aliphatic carbocycles. The van der Waals surface area contributed by atoms with Crippen LogP contribution in [0.2, 0.25) is 0 Å². The van der Waals surface area contributed by atoms with E-state index >= 15 is 0 Å². The summed E-state index contributed by atoms with van der Waals surface area (Å²) in [7, 11) is 1.59. The van der Waals surface area contributed by atoms with Crippen molar-refractivity contribution in [2.75, 3.05) is 7.05 Å². The third-order valence-corrected chi connectivity index (χ3v) is 1.87. The van der Waals surface area contributed by atoms with Gasteiger partial charge in [0.05, 0.1) is 0 Å². The molecular formula is C10H22N2O. The molecule has 1 amide bonds. The molecule has 0 aromatic carbocycles. The Bertz CT molecular complexity index is 190. The molecule has 0 radical (unpaired) electrons. The molecule has 0 aliphatic rings. The van der Waals surface area contributed by atoms with E-state index in [9.17, 15) is 4.79 Å². The largest absolute Gasteiger partial charge is 0.283 e. The van der Waals surface area contributed by atoms with E-state index in [1.165, 1.54) is 5.01 Å². The van der Waals surface area contributed by atoms with Crippen molar-refractivity contribution < 1.29 is 4.79 Å². The number of carbonyl (C=O) groups is 1. The lowest BCUT2D eigenvalue weighted by Crippen LogP contribution is -2.44. The monoisotopic (exact) mass is 186 g/mol. The summed E-state index contributed by atoms with van der Waals surface area (Å²) in [5.74, 6) is 5.41. The number of nitrogens with two attached hydrogens (primary N) is 1. The summed E-state index contributed by atoms with van der Waals surface area (Å²) in [6.45, 7) is 10.2. The smallest absolute Gasteiger partial charge is 0.241 e. The summed E-state index contributed by atoms with van der Waals surface area (Å²) in [5.41, 5.74) is -0.225. The van der Waals surface area contributed by atoms with Crippen LogP contribution in [0.3, 0.4) is 0 Å². The second-order valence-corrected chi connectivity index (χ2v) is 5.54. The van der Waals surface area contributed by atoms with E-state index in [4.69, 9.17) is 5.84 Å². The Kier molecular flexibility index (Phi) is 3.50. The molecule has 3 nitrogen and oxygen atoms in total. The maximum absolute atomic E-state index is 11.6. The van der Waals surface area contributed by atoms with Crippen LogP contribution >= 0.6 is 0 Å². The van der Waals surface area contributed by atoms with Gasteiger partial charge >= 0.3 is 0 Å². The fourth-order valence-corrected chi connectivity index (χ4v) is 1.88. The van der Waals surface area contributed by atoms with Crippen molar-refractivity contribution >= 4 is 5.91 Å². The maximum atomic E-state index is 11.6. The molecule has 0 spiro atoms. The molecule has 13 heavy (non-hydrogen) atoms. The number of hydrazine groups is 1. The van der Waals surface area contributed by atoms with Gasteiger partial charge in [-0.2, -0.15) is 0 Å². The lowest BCUT2D eigenvalue weighted by Gasteiger charge is -2.32. The zero-order valence-electron chi connectivity index (χ0n) is 9.64. The number of nitrogens with zero attached hydrogens (tertiary/aromatic N) is 1. The maximum Gasteiger partial charge on any atom is 0.241 e. The molecule has 3 heteroatoms. The predicted molar refractivity (Wildman–Crippen MR) is 54.8 cm³/mol. The van der Waals surface area contributed by atoms with E-state index in [-0.39, 0.29) is 16.7 Å². The molecule has 0 unspecified atom stereocenters. The van der Waals surface area contributed by atoms with Crippen molar-refractivity contribution in [2.24, 2.45) is 16.7 Å². The standard InChI is InChI=1S/C10H22N2O/c1-9(2,3)7-10(4,5)8(13)12(6)11/h7,11H2,1-6H3. The van der Waals surface area contributed by atoms with Gasteiger partial charge in [-0.25, -0.2) is 5.84 Å². The predicted octanol–water partition coefficient (Wildman–Crippen LogP) is 1.78. The molecule has 78 valence electrons. The summed E-state index contributed by atoms with van der Waals surface area (Å²) in [6, 6.07) is 0. The number of amides is 1. The molecule has 0 aromatic heterocycles. The first-order chi connectivity index (χ1) is 5.56. The van der Waals surface area contributed by atoms with Gasteiger partial charge in [0.25, 0.3) is 0 Å². The Balaban J connectivity index is 4.49. The van der Waals surface area contributed by atoms with Crippen molar-refractivity contribution in [2.45, 2.75) is 41.0 Å². The van der Waals surface area contributed by atoms with Crippen molar-refractivity contribution in [3.05, 3.63) is 0 Å². The van der Waals surface area contributed by atoms with Gasteiger partial charge in [0.1, 0.15) is 0 Å². The molecule has 0 aromatic rings. The van der Waals surface area contributed by atoms with E-state index < -0.39 is 0 Å². The Morgan fingerprint density at radius 1 is 1.23 bits per heavy atom. The number of hydrogen-bond donors (Lipinski definition) is 1. The summed E-state index contributed by atoms with van der Waals surface area (Å²) in [5, 5.41) is 1.17. The van der Waals surface area contributed by atoms with Crippen LogP contribution in [0.1, 0.15) is 41.0 Å². The fourth-order valence-electron chi connectivity index (χ4n) is 1.88. The van der Waals surface area contributed by atoms with Crippen LogP contribution in [-0.4, -0.2) is 18.0 Å². The zero-order chi connectivity index (χ0) is 10.9. The quantitative estimate of drug-likeness (QED) is 0.406. The van der Waals surface area contributed by atoms with Crippen LogP contribution in [0, 0.1) is 10.8 Å². The SMILES string of the molecule is CN(N)C(=O)C(C)(C)CC(C)(C)C. The van der Waals surface area contributed by atoms with Crippen molar-refractivity contribution in [1.82, 2.24) is 5.01 Å². The molecule has 0 heterocycles. The van der Waals surface area contributed by atoms with Crippen LogP contribution in [0.15, 0.2) is 0 Å². The number of rotatable bonds is 2. The van der Waals surface area contributed by atoms with E-state index in [0.29, 0.717) is 0 Å². The fraction of sp³-hybridized carbons (Fsp3) is 0.900. The number of hydrogen-bond acceptors (Lipinski definition) is 2. The van der Waals surface area contributed by atoms with Crippen LogP contribution in [0.4, 0.5) is 0 Å². The first-order valence-electron chi connectivity index (χ1n) is 4.59. The van der Waals surface area contributed by atoms with Gasteiger partial charge in [-0.05, 0) is 11.8 Å². The minimum absolute atomic E-state index is 0.0116. The first kappa shape index (κ1) is 12.4. The highest BCUT2D eigenvalue weighted by atomic mass is 16.2. The lowest BCUT2D eigenvalue weighted by molar-refractivity contribution is -0.140. The van der Waals surface area contributed by atoms with Gasteiger partial charge < -0.3 is 0 Å². The highest BCUT2D eigenvalue weighted by Gasteiger charge is 2.33. The normalized spacial score (nSPS) is 12.8. The molecule has 0 aliphatic heterocycles. The number of carbonyl (C=O) groups excluding carboxylic acids is 1. The van der Waals surface area contributed by atoms with E-state index in [2.05, 4.69) is 20.8 Å². The van der Waals surface area contributed by atoms with Gasteiger partial charge in [0.15, 0.2) is 0 Å². The van der Waals surface area contributed by atoms with Gasteiger partial charge in [0.2, 0.25) is 5.91 Å². The van der Waals surface area contributed by atoms with Crippen molar-refractivity contribution in [1.29, 1.82) is 0 Å². The molecule has 0 rings (SSSR count). The van der Waals surface area contributed by atoms with Crippen LogP contribution < -0.4 is 5.84 Å². The third-order valence-electron chi connectivity index (χ3n) is 1.87. The molecular weight excluding hydrogens is 164 g/mol. The third kappa shape index (κ3) is 4.27. The summed E-state index contributed by atoms with van der Waals surface area (Å²) < 4.78 is 0. The molecule has 0 fully saturated rings. The Morgan fingerprint density at radius 2 is 1.62 bits per heavy atom. The van der Waals surface area contributed by atoms with E-state index in [1.807, 2.05) is 13.8 Å². The molecule has 0 bridgehead atoms. The minimum atomic E-state index is -0.373. The van der Waals surface area contributed by atoms with Crippen molar-refractivity contribution in [3.63, 3.8) is 0 Å². The highest BCUT2D eigenvalue weighted by molar-refractivity contribution is 5.81. The van der Waals surface area contributed by atoms with E-state index in [1.54, 1.807) is 7.05 Å². The average molecular weight is 186 g/mol. The van der Waals surface area contributed by atoms with Crippen molar-refractivity contribution in [3.8, 4) is 0 Å². The van der Waals surface area contributed by atoms with Gasteiger partial charge in [0, 0.05) is 12.5 Å². The average Bonchev–Trinajstić information content (AvgIpc) is 1.80. The van der Waals surface area contributed by atoms with Crippen LogP contribution in [-0.2, 0) is 4.79 Å². The van der Waals surface area contributed by atoms with Gasteiger partial charge in [-0.15, -0.1) is 0 Å². The Labute approximate surface area is 81.3 Å². The van der Waals surface area contributed by atoms with Gasteiger partial charge in [-0.3, -0.25) is 9.80 Å². The topological polar surface area (TPSA) is 46.3 Å². The second-order valence-electron chi connectivity index (χ2n) is 5.54. The van der Waals surface area contributed by atoms with E-state index in [0.717, 1.165) is 6.42 Å². The summed E-state index contributed by atoms with van der Waals surface area (Å²) in [6.07, 6.45) is 0.834. The summed E-state index contributed by atoms with van der Waals surface area (Å²) in [4.78, 5) is 11.6. The zero-order valence-corrected chi connectivity index (χ0v) is 9.64. The second kappa shape index (κ2) is 3.66. The first-order valence-corrected chi connectivity index (χ1v) is 4.59. The molecule has 0 atom stereocenters. The minimum Gasteiger partial charge on any atom is -0.283 e. The lowest BCUT2D eigenvalue weighted by atomic mass is 9.75. The van der Waals surface area contributed by atoms with Crippen LogP contribution in [0.5, 0.6) is 0 Å².